The van der Waals surface area contributed by atoms with Crippen molar-refractivity contribution in [3.63, 3.8) is 0 Å². The number of fused-ring (bicyclic) bond motifs is 2. The predicted octanol–water partition coefficient (Wildman–Crippen LogP) is 4.74. The number of aryl methyl sites for hydroxylation is 2. The summed E-state index contributed by atoms with van der Waals surface area (Å²) in [6.45, 7) is 7.36. The fourth-order valence-corrected chi connectivity index (χ4v) is 6.28. The molecule has 2 heterocycles. The third-order valence-corrected chi connectivity index (χ3v) is 9.08. The monoisotopic (exact) mass is 706 g/mol. The van der Waals surface area contributed by atoms with Crippen molar-refractivity contribution in [3.8, 4) is 5.75 Å². The number of phenols is 1. The van der Waals surface area contributed by atoms with Gasteiger partial charge in [-0.05, 0) is 54.1 Å². The lowest BCUT2D eigenvalue weighted by molar-refractivity contribution is 0.0694. The number of carboxylic acid groups (broad SMARTS) is 1. The first-order chi connectivity index (χ1) is 25.2. The lowest BCUT2D eigenvalue weighted by Crippen LogP contribution is -2.41. The molecule has 2 aromatic heterocycles. The normalized spacial score (nSPS) is 11.2. The largest absolute Gasteiger partial charge is 0.506 e. The Morgan fingerprint density at radius 1 is 0.808 bits per heavy atom. The SMILES string of the molecule is CCCn1c(=O)c2c(nc(Cc3ccccc3)n2CCN(CC)CCO)n(CCc2ccc(N)cc2)c1=O.O=C(O)c1ccc2ccccc2c1O. The molecule has 0 bridgehead atoms. The molecule has 0 saturated heterocycles. The fourth-order valence-electron chi connectivity index (χ4n) is 6.28. The Kier molecular flexibility index (Phi) is 12.6. The van der Waals surface area contributed by atoms with Crippen LogP contribution < -0.4 is 17.0 Å². The van der Waals surface area contributed by atoms with Gasteiger partial charge in [-0.2, -0.15) is 0 Å². The van der Waals surface area contributed by atoms with Gasteiger partial charge in [-0.3, -0.25) is 18.8 Å². The number of nitrogen functional groups attached to an aromatic ring is 1. The number of carbonyl (C=O) groups is 1. The van der Waals surface area contributed by atoms with Gasteiger partial charge in [0.2, 0.25) is 0 Å². The first-order valence-electron chi connectivity index (χ1n) is 17.5. The number of carboxylic acids is 1. The van der Waals surface area contributed by atoms with E-state index in [1.807, 2.05) is 78.2 Å². The molecule has 0 fully saturated rings. The van der Waals surface area contributed by atoms with Crippen molar-refractivity contribution in [1.29, 1.82) is 0 Å². The molecule has 4 aromatic carbocycles. The van der Waals surface area contributed by atoms with Crippen LogP contribution in [0.25, 0.3) is 21.9 Å². The third-order valence-electron chi connectivity index (χ3n) is 9.08. The zero-order valence-corrected chi connectivity index (χ0v) is 29.6. The Morgan fingerprint density at radius 3 is 2.19 bits per heavy atom. The lowest BCUT2D eigenvalue weighted by Gasteiger charge is -2.20. The van der Waals surface area contributed by atoms with Gasteiger partial charge in [0.1, 0.15) is 17.1 Å². The van der Waals surface area contributed by atoms with Crippen LogP contribution in [0.5, 0.6) is 5.75 Å². The molecule has 272 valence electrons. The molecular weight excluding hydrogens is 660 g/mol. The van der Waals surface area contributed by atoms with E-state index < -0.39 is 5.97 Å². The Morgan fingerprint density at radius 2 is 1.52 bits per heavy atom. The average molecular weight is 707 g/mol. The topological polar surface area (TPSA) is 169 Å². The quantitative estimate of drug-likeness (QED) is 0.117. The van der Waals surface area contributed by atoms with Gasteiger partial charge in [-0.1, -0.05) is 86.6 Å². The number of aromatic carboxylic acids is 1. The van der Waals surface area contributed by atoms with Crippen LogP contribution in [-0.4, -0.2) is 71.1 Å². The zero-order chi connectivity index (χ0) is 37.2. The summed E-state index contributed by atoms with van der Waals surface area (Å²) in [6, 6.07) is 27.8. The second kappa shape index (κ2) is 17.5. The number of aliphatic hydroxyl groups excluding tert-OH is 1. The fraction of sp³-hybridized carbons (Fsp3) is 0.300. The van der Waals surface area contributed by atoms with E-state index in [9.17, 15) is 24.6 Å². The number of hydrogen-bond donors (Lipinski definition) is 4. The number of anilines is 1. The molecule has 6 rings (SSSR count). The minimum Gasteiger partial charge on any atom is -0.506 e. The Hall–Kier alpha value is -5.72. The van der Waals surface area contributed by atoms with Gasteiger partial charge < -0.3 is 25.6 Å². The highest BCUT2D eigenvalue weighted by Gasteiger charge is 2.22. The van der Waals surface area contributed by atoms with Gasteiger partial charge in [-0.25, -0.2) is 14.6 Å². The van der Waals surface area contributed by atoms with E-state index in [2.05, 4.69) is 11.8 Å². The lowest BCUT2D eigenvalue weighted by atomic mass is 10.1. The van der Waals surface area contributed by atoms with Gasteiger partial charge in [0.25, 0.3) is 5.56 Å². The zero-order valence-electron chi connectivity index (χ0n) is 29.6. The van der Waals surface area contributed by atoms with E-state index in [0.717, 1.165) is 28.9 Å². The summed E-state index contributed by atoms with van der Waals surface area (Å²) in [5, 5.41) is 29.3. The molecule has 6 aromatic rings. The van der Waals surface area contributed by atoms with Gasteiger partial charge in [-0.15, -0.1) is 0 Å². The number of benzene rings is 4. The predicted molar refractivity (Wildman–Crippen MR) is 204 cm³/mol. The standard InChI is InChI=1S/C29H38N6O3.C11H8O3/c1-3-15-35-28(37)26-27(34(29(35)38)16-14-22-10-12-24(30)13-11-22)31-25(21-23-8-6-5-7-9-23)33(26)18-17-32(4-2)19-20-36;12-10-8-4-2-1-3-7(8)5-6-9(10)11(13)14/h5-13,36H,3-4,14-21,30H2,1-2H3;1-6,12H,(H,13,14). The van der Waals surface area contributed by atoms with Crippen molar-refractivity contribution >= 4 is 33.6 Å². The molecule has 12 nitrogen and oxygen atoms in total. The van der Waals surface area contributed by atoms with Crippen molar-refractivity contribution < 1.29 is 20.1 Å². The highest BCUT2D eigenvalue weighted by atomic mass is 16.4. The summed E-state index contributed by atoms with van der Waals surface area (Å²) in [7, 11) is 0. The minimum atomic E-state index is -1.12. The summed E-state index contributed by atoms with van der Waals surface area (Å²) in [5.74, 6) is -0.540. The van der Waals surface area contributed by atoms with E-state index in [0.29, 0.717) is 74.2 Å². The number of likely N-dealkylation sites (N-methyl/N-ethyl adjacent to an activating group) is 1. The molecule has 0 unspecified atom stereocenters. The summed E-state index contributed by atoms with van der Waals surface area (Å²) < 4.78 is 4.98. The third kappa shape index (κ3) is 8.59. The maximum absolute atomic E-state index is 13.8. The van der Waals surface area contributed by atoms with E-state index in [-0.39, 0.29) is 29.2 Å². The number of imidazole rings is 1. The maximum atomic E-state index is 13.8. The maximum Gasteiger partial charge on any atom is 0.339 e. The number of rotatable bonds is 14. The molecule has 0 aliphatic carbocycles. The molecule has 0 radical (unpaired) electrons. The number of hydrogen-bond acceptors (Lipinski definition) is 8. The number of aromatic nitrogens is 4. The van der Waals surface area contributed by atoms with Crippen LogP contribution >= 0.6 is 0 Å². The Labute approximate surface area is 301 Å². The second-order valence-corrected chi connectivity index (χ2v) is 12.5. The molecule has 0 aliphatic rings. The van der Waals surface area contributed by atoms with Crippen LogP contribution in [0.4, 0.5) is 5.69 Å². The van der Waals surface area contributed by atoms with E-state index >= 15 is 0 Å². The minimum absolute atomic E-state index is 0.0660. The second-order valence-electron chi connectivity index (χ2n) is 12.5. The summed E-state index contributed by atoms with van der Waals surface area (Å²) in [4.78, 5) is 45.1. The molecule has 0 aliphatic heterocycles. The highest BCUT2D eigenvalue weighted by molar-refractivity contribution is 6.00. The Balaban J connectivity index is 0.000000310. The average Bonchev–Trinajstić information content (AvgIpc) is 3.50. The molecule has 0 amide bonds. The van der Waals surface area contributed by atoms with Crippen LogP contribution in [0.2, 0.25) is 0 Å². The smallest absolute Gasteiger partial charge is 0.339 e. The van der Waals surface area contributed by atoms with Gasteiger partial charge in [0.05, 0.1) is 6.61 Å². The molecule has 0 spiro atoms. The molecule has 0 atom stereocenters. The van der Waals surface area contributed by atoms with Gasteiger partial charge in [0.15, 0.2) is 11.2 Å². The van der Waals surface area contributed by atoms with Crippen LogP contribution in [0.1, 0.15) is 47.6 Å². The molecule has 5 N–H and O–H groups in total. The number of aromatic hydroxyl groups is 1. The first-order valence-corrected chi connectivity index (χ1v) is 17.5. The first kappa shape index (κ1) is 37.5. The number of nitrogens with two attached hydrogens (primary N) is 1. The molecule has 12 heteroatoms. The van der Waals surface area contributed by atoms with Crippen molar-refractivity contribution in [2.45, 2.75) is 52.7 Å². The molecule has 0 saturated carbocycles. The van der Waals surface area contributed by atoms with Crippen LogP contribution in [-0.2, 0) is 32.5 Å². The van der Waals surface area contributed by atoms with Crippen LogP contribution in [0.15, 0.2) is 101 Å². The van der Waals surface area contributed by atoms with E-state index in [4.69, 9.17) is 15.8 Å². The molecule has 52 heavy (non-hydrogen) atoms. The van der Waals surface area contributed by atoms with Gasteiger partial charge in [0, 0.05) is 50.2 Å². The van der Waals surface area contributed by atoms with Crippen molar-refractivity contribution in [3.05, 3.63) is 134 Å². The van der Waals surface area contributed by atoms with Crippen molar-refractivity contribution in [2.75, 3.05) is 32.0 Å². The van der Waals surface area contributed by atoms with Crippen molar-refractivity contribution in [2.24, 2.45) is 0 Å². The summed E-state index contributed by atoms with van der Waals surface area (Å²) >= 11 is 0. The summed E-state index contributed by atoms with van der Waals surface area (Å²) in [6.07, 6.45) is 1.82. The number of aliphatic hydroxyl groups is 1. The van der Waals surface area contributed by atoms with E-state index in [1.165, 1.54) is 10.6 Å². The summed E-state index contributed by atoms with van der Waals surface area (Å²) in [5.41, 5.74) is 8.86. The van der Waals surface area contributed by atoms with Crippen molar-refractivity contribution in [1.82, 2.24) is 23.6 Å². The van der Waals surface area contributed by atoms with Crippen LogP contribution in [0.3, 0.4) is 0 Å². The highest BCUT2D eigenvalue weighted by Crippen LogP contribution is 2.28. The Bertz CT molecular complexity index is 2240. The van der Waals surface area contributed by atoms with Gasteiger partial charge >= 0.3 is 11.7 Å². The van der Waals surface area contributed by atoms with E-state index in [1.54, 1.807) is 22.8 Å². The number of nitrogens with zero attached hydrogens (tertiary/aromatic N) is 5. The van der Waals surface area contributed by atoms with Crippen LogP contribution in [0, 0.1) is 0 Å². The molecular formula is C40H46N6O6.